The van der Waals surface area contributed by atoms with Crippen molar-refractivity contribution in [2.24, 2.45) is 11.7 Å². The molecular weight excluding hydrogens is 265 g/mol. The molecule has 1 atom stereocenters. The number of piperidine rings is 1. The highest BCUT2D eigenvalue weighted by Crippen LogP contribution is 2.17. The number of carbonyl (C=O) groups excluding carboxylic acids is 1. The molecule has 1 aromatic rings. The molecule has 4 nitrogen and oxygen atoms in total. The van der Waals surface area contributed by atoms with Gasteiger partial charge in [0.25, 0.3) is 0 Å². The number of thiocarbonyl (C=S) groups is 1. The average molecular weight is 281 g/mol. The van der Waals surface area contributed by atoms with Crippen LogP contribution < -0.4 is 11.1 Å². The number of hydrogen-bond acceptors (Lipinski definition) is 2. The van der Waals surface area contributed by atoms with Crippen molar-refractivity contribution in [2.75, 3.05) is 18.4 Å². The number of primary amides is 1. The van der Waals surface area contributed by atoms with Crippen LogP contribution in [0.3, 0.4) is 0 Å². The number of anilines is 1. The Hall–Kier alpha value is -1.69. The number of carbonyl (C=O) groups is 1. The lowest BCUT2D eigenvalue weighted by Crippen LogP contribution is -2.45. The normalized spacial score (nSPS) is 19.0. The summed E-state index contributed by atoms with van der Waals surface area (Å²) in [7, 11) is 0. The number of nitrogens with one attached hydrogen (secondary N) is 1. The fraction of sp³-hybridized carbons (Fsp3) is 0.385. The third kappa shape index (κ3) is 3.64. The Labute approximate surface area is 116 Å². The summed E-state index contributed by atoms with van der Waals surface area (Å²) in [4.78, 5) is 13.1. The fourth-order valence-electron chi connectivity index (χ4n) is 2.13. The fourth-order valence-corrected chi connectivity index (χ4v) is 2.41. The highest BCUT2D eigenvalue weighted by Gasteiger charge is 2.25. The molecule has 1 aromatic carbocycles. The number of nitrogens with zero attached hydrogens (tertiary/aromatic N) is 1. The van der Waals surface area contributed by atoms with Crippen LogP contribution >= 0.6 is 12.2 Å². The van der Waals surface area contributed by atoms with Crippen molar-refractivity contribution in [1.29, 1.82) is 0 Å². The number of halogens is 1. The highest BCUT2D eigenvalue weighted by atomic mass is 32.1. The monoisotopic (exact) mass is 281 g/mol. The van der Waals surface area contributed by atoms with Crippen LogP contribution in [-0.4, -0.2) is 29.0 Å². The first kappa shape index (κ1) is 13.7. The van der Waals surface area contributed by atoms with Crippen molar-refractivity contribution < 1.29 is 9.18 Å². The summed E-state index contributed by atoms with van der Waals surface area (Å²) < 4.78 is 12.8. The Morgan fingerprint density at radius 3 is 2.74 bits per heavy atom. The van der Waals surface area contributed by atoms with E-state index in [9.17, 15) is 9.18 Å². The van der Waals surface area contributed by atoms with Crippen LogP contribution in [0.5, 0.6) is 0 Å². The summed E-state index contributed by atoms with van der Waals surface area (Å²) in [5.74, 6) is -0.723. The van der Waals surface area contributed by atoms with Crippen LogP contribution in [0.1, 0.15) is 12.8 Å². The molecule has 1 unspecified atom stereocenters. The van der Waals surface area contributed by atoms with E-state index in [0.717, 1.165) is 25.1 Å². The Morgan fingerprint density at radius 1 is 1.42 bits per heavy atom. The molecule has 0 aromatic heterocycles. The zero-order chi connectivity index (χ0) is 13.8. The molecule has 1 heterocycles. The summed E-state index contributed by atoms with van der Waals surface area (Å²) in [5, 5.41) is 3.58. The van der Waals surface area contributed by atoms with E-state index in [1.54, 1.807) is 12.1 Å². The third-order valence-electron chi connectivity index (χ3n) is 3.21. The number of likely N-dealkylation sites (tertiary alicyclic amines) is 1. The van der Waals surface area contributed by atoms with Crippen LogP contribution in [0.15, 0.2) is 24.3 Å². The van der Waals surface area contributed by atoms with Gasteiger partial charge in [-0.15, -0.1) is 0 Å². The Kier molecular flexibility index (Phi) is 4.31. The number of hydrogen-bond donors (Lipinski definition) is 2. The summed E-state index contributed by atoms with van der Waals surface area (Å²) >= 11 is 5.30. The van der Waals surface area contributed by atoms with E-state index in [0.29, 0.717) is 11.7 Å². The second kappa shape index (κ2) is 5.97. The molecular formula is C13H16FN3OS. The van der Waals surface area contributed by atoms with Gasteiger partial charge in [0, 0.05) is 18.8 Å². The molecule has 1 aliphatic heterocycles. The largest absolute Gasteiger partial charge is 0.369 e. The second-order valence-corrected chi connectivity index (χ2v) is 5.01. The summed E-state index contributed by atoms with van der Waals surface area (Å²) in [6.45, 7) is 1.35. The molecule has 0 bridgehead atoms. The van der Waals surface area contributed by atoms with E-state index in [-0.39, 0.29) is 17.6 Å². The quantitative estimate of drug-likeness (QED) is 0.810. The van der Waals surface area contributed by atoms with Crippen LogP contribution in [0.2, 0.25) is 0 Å². The van der Waals surface area contributed by atoms with E-state index < -0.39 is 0 Å². The van der Waals surface area contributed by atoms with Crippen LogP contribution in [0.25, 0.3) is 0 Å². The maximum Gasteiger partial charge on any atom is 0.222 e. The maximum absolute atomic E-state index is 12.8. The number of benzene rings is 1. The Bertz CT molecular complexity index is 477. The van der Waals surface area contributed by atoms with E-state index in [1.807, 2.05) is 4.90 Å². The molecule has 0 saturated carbocycles. The molecule has 1 saturated heterocycles. The van der Waals surface area contributed by atoms with Crippen molar-refractivity contribution in [3.8, 4) is 0 Å². The molecule has 1 aliphatic rings. The minimum absolute atomic E-state index is 0.151. The highest BCUT2D eigenvalue weighted by molar-refractivity contribution is 7.80. The molecule has 1 amide bonds. The van der Waals surface area contributed by atoms with Gasteiger partial charge in [0.05, 0.1) is 5.92 Å². The van der Waals surface area contributed by atoms with E-state index in [2.05, 4.69) is 5.32 Å². The first-order valence-corrected chi connectivity index (χ1v) is 6.58. The first-order valence-electron chi connectivity index (χ1n) is 6.17. The first-order chi connectivity index (χ1) is 9.06. The summed E-state index contributed by atoms with van der Waals surface area (Å²) in [6.07, 6.45) is 1.70. The van der Waals surface area contributed by atoms with Gasteiger partial charge in [-0.05, 0) is 49.3 Å². The molecule has 6 heteroatoms. The average Bonchev–Trinajstić information content (AvgIpc) is 2.41. The van der Waals surface area contributed by atoms with Crippen molar-refractivity contribution in [1.82, 2.24) is 4.90 Å². The zero-order valence-corrected chi connectivity index (χ0v) is 11.3. The third-order valence-corrected chi connectivity index (χ3v) is 3.57. The van der Waals surface area contributed by atoms with Gasteiger partial charge in [-0.25, -0.2) is 4.39 Å². The van der Waals surface area contributed by atoms with E-state index >= 15 is 0 Å². The predicted molar refractivity (Wildman–Crippen MR) is 76.1 cm³/mol. The van der Waals surface area contributed by atoms with Crippen molar-refractivity contribution in [3.05, 3.63) is 30.1 Å². The molecule has 0 aliphatic carbocycles. The maximum atomic E-state index is 12.8. The lowest BCUT2D eigenvalue weighted by Gasteiger charge is -2.33. The topological polar surface area (TPSA) is 58.4 Å². The minimum atomic E-state index is -0.289. The van der Waals surface area contributed by atoms with E-state index in [1.165, 1.54) is 12.1 Å². The van der Waals surface area contributed by atoms with Crippen LogP contribution in [-0.2, 0) is 4.79 Å². The SMILES string of the molecule is NC(=O)C1CCCN(C(=S)Nc2ccc(F)cc2)C1. The van der Waals surface area contributed by atoms with Gasteiger partial charge < -0.3 is 16.0 Å². The molecule has 19 heavy (non-hydrogen) atoms. The van der Waals surface area contributed by atoms with Gasteiger partial charge in [0.2, 0.25) is 5.91 Å². The molecule has 3 N–H and O–H groups in total. The smallest absolute Gasteiger partial charge is 0.222 e. The lowest BCUT2D eigenvalue weighted by molar-refractivity contribution is -0.122. The van der Waals surface area contributed by atoms with Crippen molar-refractivity contribution in [2.45, 2.75) is 12.8 Å². The van der Waals surface area contributed by atoms with Gasteiger partial charge >= 0.3 is 0 Å². The lowest BCUT2D eigenvalue weighted by atomic mass is 9.98. The van der Waals surface area contributed by atoms with Gasteiger partial charge in [0.15, 0.2) is 5.11 Å². The minimum Gasteiger partial charge on any atom is -0.369 e. The molecule has 1 fully saturated rings. The van der Waals surface area contributed by atoms with Crippen LogP contribution in [0, 0.1) is 11.7 Å². The number of rotatable bonds is 2. The Balaban J connectivity index is 1.96. The number of nitrogens with two attached hydrogens (primary N) is 1. The summed E-state index contributed by atoms with van der Waals surface area (Å²) in [6, 6.07) is 5.98. The molecule has 0 spiro atoms. The number of amides is 1. The van der Waals surface area contributed by atoms with Gasteiger partial charge in [-0.1, -0.05) is 0 Å². The summed E-state index contributed by atoms with van der Waals surface area (Å²) in [5.41, 5.74) is 6.06. The van der Waals surface area contributed by atoms with Crippen molar-refractivity contribution in [3.63, 3.8) is 0 Å². The predicted octanol–water partition coefficient (Wildman–Crippen LogP) is 1.72. The molecule has 0 radical (unpaired) electrons. The van der Waals surface area contributed by atoms with E-state index in [4.69, 9.17) is 18.0 Å². The molecule has 2 rings (SSSR count). The van der Waals surface area contributed by atoms with Crippen molar-refractivity contribution >= 4 is 28.9 Å². The zero-order valence-electron chi connectivity index (χ0n) is 10.4. The van der Waals surface area contributed by atoms with Gasteiger partial charge in [0.1, 0.15) is 5.82 Å². The van der Waals surface area contributed by atoms with Gasteiger partial charge in [-0.3, -0.25) is 4.79 Å². The molecule has 102 valence electrons. The van der Waals surface area contributed by atoms with Crippen LogP contribution in [0.4, 0.5) is 10.1 Å². The standard InChI is InChI=1S/C13H16FN3OS/c14-10-3-5-11(6-4-10)16-13(19)17-7-1-2-9(8-17)12(15)18/h3-6,9H,1-2,7-8H2,(H2,15,18)(H,16,19). The Morgan fingerprint density at radius 2 is 2.11 bits per heavy atom. The second-order valence-electron chi connectivity index (χ2n) is 4.62. The van der Waals surface area contributed by atoms with Gasteiger partial charge in [-0.2, -0.15) is 0 Å².